The number of guanidine groups is 1. The highest BCUT2D eigenvalue weighted by atomic mass is 32.1. The minimum atomic E-state index is -0.317. The topological polar surface area (TPSA) is 115 Å². The molecule has 4 rings (SSSR count). The maximum absolute atomic E-state index is 10.4. The summed E-state index contributed by atoms with van der Waals surface area (Å²) in [6.45, 7) is 8.60. The second-order valence-electron chi connectivity index (χ2n) is 10.1. The lowest BCUT2D eigenvalue weighted by atomic mass is 9.86. The zero-order valence-electron chi connectivity index (χ0n) is 22.4. The number of rotatable bonds is 8. The minimum Gasteiger partial charge on any atom is -0.507 e. The van der Waals surface area contributed by atoms with Gasteiger partial charge in [-0.25, -0.2) is 4.99 Å². The van der Waals surface area contributed by atoms with E-state index in [4.69, 9.17) is 33.2 Å². The summed E-state index contributed by atoms with van der Waals surface area (Å²) in [5, 5.41) is 13.7. The lowest BCUT2D eigenvalue weighted by Crippen LogP contribution is -2.38. The average molecular weight is 533 g/mol. The smallest absolute Gasteiger partial charge is 0.191 e. The van der Waals surface area contributed by atoms with Crippen LogP contribution in [0.3, 0.4) is 0 Å². The number of fused-ring (bicyclic) bond motifs is 1. The highest BCUT2D eigenvalue weighted by Crippen LogP contribution is 2.44. The van der Waals surface area contributed by atoms with Crippen LogP contribution >= 0.6 is 12.2 Å². The molecule has 0 aliphatic carbocycles. The molecule has 6 N–H and O–H groups in total. The van der Waals surface area contributed by atoms with Crippen LogP contribution in [0.1, 0.15) is 47.6 Å². The first-order valence-corrected chi connectivity index (χ1v) is 13.2. The van der Waals surface area contributed by atoms with E-state index < -0.39 is 0 Å². The van der Waals surface area contributed by atoms with Crippen molar-refractivity contribution in [1.82, 2.24) is 0 Å². The molecule has 0 saturated heterocycles. The van der Waals surface area contributed by atoms with Crippen LogP contribution in [0.2, 0.25) is 0 Å². The largest absolute Gasteiger partial charge is 0.507 e. The Morgan fingerprint density at radius 1 is 1.05 bits per heavy atom. The van der Waals surface area contributed by atoms with Crippen molar-refractivity contribution in [3.63, 3.8) is 0 Å². The van der Waals surface area contributed by atoms with Crippen LogP contribution < -0.4 is 26.3 Å². The molecule has 7 nitrogen and oxygen atoms in total. The molecule has 0 amide bonds. The van der Waals surface area contributed by atoms with Crippen LogP contribution in [0, 0.1) is 20.8 Å². The van der Waals surface area contributed by atoms with E-state index in [1.165, 1.54) is 0 Å². The van der Waals surface area contributed by atoms with E-state index in [0.717, 1.165) is 64.3 Å². The van der Waals surface area contributed by atoms with E-state index >= 15 is 0 Å². The summed E-state index contributed by atoms with van der Waals surface area (Å²) in [6.07, 6.45) is 3.13. The summed E-state index contributed by atoms with van der Waals surface area (Å²) in [6, 6.07) is 15.4. The zero-order chi connectivity index (χ0) is 27.4. The van der Waals surface area contributed by atoms with E-state index in [2.05, 4.69) is 17.2 Å². The van der Waals surface area contributed by atoms with Crippen LogP contribution in [0.15, 0.2) is 53.5 Å². The second kappa shape index (κ2) is 11.3. The number of aromatic hydroxyl groups is 1. The van der Waals surface area contributed by atoms with Crippen molar-refractivity contribution in [2.75, 3.05) is 11.9 Å². The lowest BCUT2D eigenvalue weighted by Gasteiger charge is -2.38. The molecule has 3 aromatic carbocycles. The number of hydrogen-bond donors (Lipinski definition) is 4. The number of ether oxygens (including phenoxy) is 2. The summed E-state index contributed by atoms with van der Waals surface area (Å²) >= 11 is 5.53. The van der Waals surface area contributed by atoms with Gasteiger partial charge in [0, 0.05) is 24.1 Å². The number of phenols is 1. The Kier molecular flexibility index (Phi) is 8.11. The lowest BCUT2D eigenvalue weighted by molar-refractivity contribution is 0.0412. The van der Waals surface area contributed by atoms with Gasteiger partial charge in [-0.2, -0.15) is 0 Å². The Balaban J connectivity index is 1.28. The number of nitrogens with two attached hydrogens (primary N) is 2. The molecule has 200 valence electrons. The molecule has 0 fully saturated rings. The molecule has 1 aliphatic rings. The van der Waals surface area contributed by atoms with Gasteiger partial charge in [0.15, 0.2) is 5.96 Å². The number of aliphatic imine (C=N–C) groups is 1. The van der Waals surface area contributed by atoms with Gasteiger partial charge in [-0.05, 0) is 99.2 Å². The number of nitrogens with zero attached hydrogens (tertiary/aromatic N) is 1. The van der Waals surface area contributed by atoms with Crippen molar-refractivity contribution in [3.8, 4) is 17.2 Å². The van der Waals surface area contributed by atoms with E-state index in [9.17, 15) is 5.11 Å². The van der Waals surface area contributed by atoms with Gasteiger partial charge in [-0.15, -0.1) is 0 Å². The highest BCUT2D eigenvalue weighted by Gasteiger charge is 2.34. The number of anilines is 1. The molecule has 38 heavy (non-hydrogen) atoms. The van der Waals surface area contributed by atoms with Crippen molar-refractivity contribution in [3.05, 3.63) is 76.3 Å². The van der Waals surface area contributed by atoms with Crippen LogP contribution in [0.4, 0.5) is 11.4 Å². The van der Waals surface area contributed by atoms with Gasteiger partial charge in [-0.1, -0.05) is 24.4 Å². The first-order valence-electron chi connectivity index (χ1n) is 12.8. The Morgan fingerprint density at radius 3 is 2.39 bits per heavy atom. The van der Waals surface area contributed by atoms with Gasteiger partial charge in [0.25, 0.3) is 0 Å². The monoisotopic (exact) mass is 532 g/mol. The number of benzene rings is 3. The Bertz CT molecular complexity index is 1350. The molecule has 1 heterocycles. The van der Waals surface area contributed by atoms with E-state index in [0.29, 0.717) is 29.5 Å². The first kappa shape index (κ1) is 27.3. The maximum atomic E-state index is 10.4. The quantitative estimate of drug-likeness (QED) is 0.166. The summed E-state index contributed by atoms with van der Waals surface area (Å²) in [5.74, 6) is 2.13. The zero-order valence-corrected chi connectivity index (χ0v) is 23.2. The third kappa shape index (κ3) is 6.37. The fourth-order valence-corrected chi connectivity index (χ4v) is 5.00. The van der Waals surface area contributed by atoms with Crippen LogP contribution in [-0.2, 0) is 12.8 Å². The summed E-state index contributed by atoms with van der Waals surface area (Å²) in [5.41, 5.74) is 17.1. The standard InChI is InChI=1S/C30H36N4O3S/c1-18-19(2)28-25(20(3)27(18)35)13-14-30(4,37-28)15-16-36-24-11-9-22(10-12-24)33-26(38)17-21-5-7-23(8-6-21)34-29(31)32/h5-12,35H,13-17H2,1-4H3,(H,33,38)(H4,31,32,34). The molecule has 1 aliphatic heterocycles. The number of thiocarbonyl (C=S) groups is 1. The molecule has 0 aromatic heterocycles. The number of nitrogens with one attached hydrogen (secondary N) is 1. The Morgan fingerprint density at radius 2 is 1.74 bits per heavy atom. The van der Waals surface area contributed by atoms with E-state index in [1.54, 1.807) is 0 Å². The Labute approximate surface area is 229 Å². The second-order valence-corrected chi connectivity index (χ2v) is 10.6. The van der Waals surface area contributed by atoms with Gasteiger partial charge in [0.1, 0.15) is 22.8 Å². The SMILES string of the molecule is Cc1c(C)c2c(c(C)c1O)CCC(C)(CCOc1ccc(NC(=S)Cc3ccc(N=C(N)N)cc3)cc1)O2. The van der Waals surface area contributed by atoms with Crippen LogP contribution in [-0.4, -0.2) is 28.3 Å². The van der Waals surface area contributed by atoms with Crippen molar-refractivity contribution in [2.24, 2.45) is 16.5 Å². The molecule has 0 radical (unpaired) electrons. The summed E-state index contributed by atoms with van der Waals surface area (Å²) in [7, 11) is 0. The number of hydrogen-bond acceptors (Lipinski definition) is 5. The molecular formula is C30H36N4O3S. The summed E-state index contributed by atoms with van der Waals surface area (Å²) < 4.78 is 12.6. The van der Waals surface area contributed by atoms with Crippen LogP contribution in [0.5, 0.6) is 17.2 Å². The van der Waals surface area contributed by atoms with Crippen LogP contribution in [0.25, 0.3) is 0 Å². The average Bonchev–Trinajstić information content (AvgIpc) is 2.88. The highest BCUT2D eigenvalue weighted by molar-refractivity contribution is 7.80. The van der Waals surface area contributed by atoms with Gasteiger partial charge in [0.2, 0.25) is 0 Å². The van der Waals surface area contributed by atoms with Gasteiger partial charge < -0.3 is 31.4 Å². The molecule has 3 aromatic rings. The third-order valence-electron chi connectivity index (χ3n) is 7.19. The van der Waals surface area contributed by atoms with Crippen molar-refractivity contribution >= 4 is 34.5 Å². The first-order chi connectivity index (χ1) is 18.0. The fraction of sp³-hybridized carbons (Fsp3) is 0.333. The van der Waals surface area contributed by atoms with Gasteiger partial charge in [-0.3, -0.25) is 0 Å². The number of phenolic OH excluding ortho intramolecular Hbond substituents is 1. The minimum absolute atomic E-state index is 0.0341. The molecule has 0 saturated carbocycles. The molecule has 0 bridgehead atoms. The predicted octanol–water partition coefficient (Wildman–Crippen LogP) is 5.76. The van der Waals surface area contributed by atoms with E-state index in [-0.39, 0.29) is 11.6 Å². The fourth-order valence-electron chi connectivity index (χ4n) is 4.72. The third-order valence-corrected chi connectivity index (χ3v) is 7.44. The molecule has 0 spiro atoms. The molecule has 8 heteroatoms. The van der Waals surface area contributed by atoms with Gasteiger partial charge in [0.05, 0.1) is 17.3 Å². The Hall–Kier alpha value is -3.78. The molecule has 1 atom stereocenters. The summed E-state index contributed by atoms with van der Waals surface area (Å²) in [4.78, 5) is 4.74. The normalized spacial score (nSPS) is 16.2. The van der Waals surface area contributed by atoms with Crippen molar-refractivity contribution in [2.45, 2.75) is 59.0 Å². The maximum Gasteiger partial charge on any atom is 0.191 e. The van der Waals surface area contributed by atoms with E-state index in [1.807, 2.05) is 69.3 Å². The predicted molar refractivity (Wildman–Crippen MR) is 158 cm³/mol. The van der Waals surface area contributed by atoms with Crippen molar-refractivity contribution < 1.29 is 14.6 Å². The van der Waals surface area contributed by atoms with Gasteiger partial charge >= 0.3 is 0 Å². The molecular weight excluding hydrogens is 496 g/mol. The van der Waals surface area contributed by atoms with Crippen molar-refractivity contribution in [1.29, 1.82) is 0 Å². The molecule has 1 unspecified atom stereocenters.